The van der Waals surface area contributed by atoms with Crippen LogP contribution in [-0.2, 0) is 16.5 Å². The maximum Gasteiger partial charge on any atom is 0.416 e. The van der Waals surface area contributed by atoms with Crippen LogP contribution in [0.2, 0.25) is 0 Å². The molecule has 1 saturated carbocycles. The molecule has 2 fully saturated rings. The van der Waals surface area contributed by atoms with Gasteiger partial charge in [0.15, 0.2) is 5.65 Å². The van der Waals surface area contributed by atoms with E-state index >= 15 is 4.39 Å². The smallest absolute Gasteiger partial charge is 0.388 e. The Kier molecular flexibility index (Phi) is 5.36. The van der Waals surface area contributed by atoms with Crippen LogP contribution in [-0.4, -0.2) is 44.9 Å². The van der Waals surface area contributed by atoms with E-state index in [0.29, 0.717) is 23.3 Å². The van der Waals surface area contributed by atoms with Gasteiger partial charge in [-0.2, -0.15) is 18.3 Å². The summed E-state index contributed by atoms with van der Waals surface area (Å²) in [5, 5.41) is 17.9. The van der Waals surface area contributed by atoms with Crippen LogP contribution in [0.5, 0.6) is 0 Å². The van der Waals surface area contributed by atoms with E-state index in [4.69, 9.17) is 4.74 Å². The van der Waals surface area contributed by atoms with Crippen molar-refractivity contribution in [3.05, 3.63) is 64.4 Å². The number of aryl methyl sites for hydroxylation is 1. The minimum atomic E-state index is -4.73. The van der Waals surface area contributed by atoms with Gasteiger partial charge in [-0.05, 0) is 43.4 Å². The van der Waals surface area contributed by atoms with Gasteiger partial charge in [0.05, 0.1) is 23.4 Å². The average Bonchev–Trinajstić information content (AvgIpc) is 3.56. The number of nitrogens with one attached hydrogen (secondary N) is 1. The van der Waals surface area contributed by atoms with E-state index in [0.717, 1.165) is 30.5 Å². The van der Waals surface area contributed by atoms with Gasteiger partial charge in [-0.25, -0.2) is 13.9 Å². The third-order valence-electron chi connectivity index (χ3n) is 6.54. The molecule has 34 heavy (non-hydrogen) atoms. The van der Waals surface area contributed by atoms with E-state index < -0.39 is 35.1 Å². The molecule has 1 aromatic carbocycles. The van der Waals surface area contributed by atoms with Crippen LogP contribution < -0.4 is 5.32 Å². The van der Waals surface area contributed by atoms with Crippen LogP contribution in [0, 0.1) is 12.7 Å². The van der Waals surface area contributed by atoms with Gasteiger partial charge in [0.1, 0.15) is 17.5 Å². The lowest BCUT2D eigenvalue weighted by molar-refractivity contribution is -0.137. The topological polar surface area (TPSA) is 88.8 Å². The standard InChI is InChI=1S/C23H22F4N4O3/c1-12-19(20-28-9-14(13-2-3-13)10-31(20)30-12)21(33)29-22(6-7-34-11-18(22)32)16-5-4-15(8-17(16)24)23(25,26)27/h4-5,8-10,13,18,32H,2-3,6-7,11H2,1H3,(H,29,33). The summed E-state index contributed by atoms with van der Waals surface area (Å²) < 4.78 is 61.0. The van der Waals surface area contributed by atoms with Gasteiger partial charge in [-0.15, -0.1) is 0 Å². The first-order chi connectivity index (χ1) is 16.1. The summed E-state index contributed by atoms with van der Waals surface area (Å²) in [6.07, 6.45) is -0.516. The first kappa shape index (κ1) is 22.7. The number of hydrogen-bond donors (Lipinski definition) is 2. The lowest BCUT2D eigenvalue weighted by atomic mass is 9.79. The maximum absolute atomic E-state index is 15.0. The fourth-order valence-corrected chi connectivity index (χ4v) is 4.54. The molecule has 180 valence electrons. The Morgan fingerprint density at radius 1 is 1.32 bits per heavy atom. The largest absolute Gasteiger partial charge is 0.416 e. The Labute approximate surface area is 191 Å². The van der Waals surface area contributed by atoms with Gasteiger partial charge in [-0.3, -0.25) is 4.79 Å². The van der Waals surface area contributed by atoms with Crippen molar-refractivity contribution < 1.29 is 32.2 Å². The van der Waals surface area contributed by atoms with Gasteiger partial charge in [-0.1, -0.05) is 6.07 Å². The summed E-state index contributed by atoms with van der Waals surface area (Å²) in [4.78, 5) is 17.8. The van der Waals surface area contributed by atoms with Crippen molar-refractivity contribution in [1.82, 2.24) is 19.9 Å². The molecule has 0 radical (unpaired) electrons. The van der Waals surface area contributed by atoms with Crippen molar-refractivity contribution >= 4 is 11.6 Å². The van der Waals surface area contributed by atoms with E-state index in [2.05, 4.69) is 15.4 Å². The van der Waals surface area contributed by atoms with Crippen molar-refractivity contribution in [2.45, 2.75) is 49.9 Å². The maximum atomic E-state index is 15.0. The molecule has 2 aliphatic rings. The lowest BCUT2D eigenvalue weighted by Crippen LogP contribution is -2.59. The molecule has 2 aromatic heterocycles. The number of halogens is 4. The molecule has 0 spiro atoms. The number of ether oxygens (including phenoxy) is 1. The number of carbonyl (C=O) groups is 1. The predicted octanol–water partition coefficient (Wildman–Crippen LogP) is 3.48. The highest BCUT2D eigenvalue weighted by atomic mass is 19.4. The van der Waals surface area contributed by atoms with Gasteiger partial charge in [0.2, 0.25) is 0 Å². The number of nitrogens with zero attached hydrogens (tertiary/aromatic N) is 3. The van der Waals surface area contributed by atoms with Gasteiger partial charge < -0.3 is 15.2 Å². The number of benzene rings is 1. The number of aliphatic hydroxyl groups is 1. The number of hydrogen-bond acceptors (Lipinski definition) is 5. The molecule has 5 rings (SSSR count). The Balaban J connectivity index is 1.54. The molecule has 2 unspecified atom stereocenters. The zero-order chi connectivity index (χ0) is 24.3. The Bertz CT molecular complexity index is 1270. The highest BCUT2D eigenvalue weighted by molar-refractivity contribution is 6.01. The number of aliphatic hydroxyl groups excluding tert-OH is 1. The Morgan fingerprint density at radius 3 is 2.74 bits per heavy atom. The minimum absolute atomic E-state index is 0.0420. The second-order valence-electron chi connectivity index (χ2n) is 8.85. The molecule has 1 amide bonds. The van der Waals surface area contributed by atoms with Gasteiger partial charge >= 0.3 is 6.18 Å². The third-order valence-corrected chi connectivity index (χ3v) is 6.54. The van der Waals surface area contributed by atoms with E-state index in [9.17, 15) is 23.1 Å². The fraction of sp³-hybridized carbons (Fsp3) is 0.435. The highest BCUT2D eigenvalue weighted by Gasteiger charge is 2.46. The number of fused-ring (bicyclic) bond motifs is 1. The fourth-order valence-electron chi connectivity index (χ4n) is 4.54. The van der Waals surface area contributed by atoms with Crippen molar-refractivity contribution in [1.29, 1.82) is 0 Å². The molecule has 2 N–H and O–H groups in total. The SMILES string of the molecule is Cc1nn2cc(C3CC3)cnc2c1C(=O)NC1(c2ccc(C(F)(F)F)cc2F)CCOCC1O. The molecular weight excluding hydrogens is 456 g/mol. The highest BCUT2D eigenvalue weighted by Crippen LogP contribution is 2.40. The predicted molar refractivity (Wildman–Crippen MR) is 112 cm³/mol. The van der Waals surface area contributed by atoms with Crippen LogP contribution >= 0.6 is 0 Å². The van der Waals surface area contributed by atoms with Crippen LogP contribution in [0.3, 0.4) is 0 Å². The first-order valence-corrected chi connectivity index (χ1v) is 10.9. The van der Waals surface area contributed by atoms with Gasteiger partial charge in [0.25, 0.3) is 5.91 Å². The second kappa shape index (κ2) is 8.02. The molecule has 3 heterocycles. The van der Waals surface area contributed by atoms with Crippen LogP contribution in [0.4, 0.5) is 17.6 Å². The molecule has 11 heteroatoms. The number of rotatable bonds is 4. The number of amides is 1. The molecule has 7 nitrogen and oxygen atoms in total. The average molecular weight is 478 g/mol. The van der Waals surface area contributed by atoms with Crippen molar-refractivity contribution in [3.63, 3.8) is 0 Å². The summed E-state index contributed by atoms with van der Waals surface area (Å²) in [7, 11) is 0. The molecule has 1 aliphatic carbocycles. The summed E-state index contributed by atoms with van der Waals surface area (Å²) in [5.41, 5.74) is -1.27. The third kappa shape index (κ3) is 3.82. The zero-order valence-corrected chi connectivity index (χ0v) is 18.2. The minimum Gasteiger partial charge on any atom is -0.388 e. The van der Waals surface area contributed by atoms with Crippen LogP contribution in [0.15, 0.2) is 30.6 Å². The molecule has 1 saturated heterocycles. The zero-order valence-electron chi connectivity index (χ0n) is 18.2. The van der Waals surface area contributed by atoms with Crippen molar-refractivity contribution in [2.75, 3.05) is 13.2 Å². The van der Waals surface area contributed by atoms with Crippen LogP contribution in [0.25, 0.3) is 5.65 Å². The van der Waals surface area contributed by atoms with E-state index in [-0.39, 0.29) is 30.8 Å². The summed E-state index contributed by atoms with van der Waals surface area (Å²) in [6.45, 7) is 1.47. The molecule has 1 aliphatic heterocycles. The first-order valence-electron chi connectivity index (χ1n) is 10.9. The van der Waals surface area contributed by atoms with Gasteiger partial charge in [0, 0.05) is 31.0 Å². The summed E-state index contributed by atoms with van der Waals surface area (Å²) >= 11 is 0. The Hall–Kier alpha value is -3.05. The lowest BCUT2D eigenvalue weighted by Gasteiger charge is -2.42. The number of alkyl halides is 3. The van der Waals surface area contributed by atoms with Crippen molar-refractivity contribution in [2.24, 2.45) is 0 Å². The Morgan fingerprint density at radius 2 is 2.09 bits per heavy atom. The normalized spacial score (nSPS) is 23.3. The second-order valence-corrected chi connectivity index (χ2v) is 8.85. The number of carbonyl (C=O) groups excluding carboxylic acids is 1. The van der Waals surface area contributed by atoms with E-state index in [1.165, 1.54) is 4.52 Å². The quantitative estimate of drug-likeness (QED) is 0.561. The molecule has 2 atom stereocenters. The summed E-state index contributed by atoms with van der Waals surface area (Å²) in [5.74, 6) is -1.42. The molecule has 3 aromatic rings. The molecular formula is C23H22F4N4O3. The van der Waals surface area contributed by atoms with Crippen molar-refractivity contribution in [3.8, 4) is 0 Å². The molecule has 0 bridgehead atoms. The number of aromatic nitrogens is 3. The van der Waals surface area contributed by atoms with E-state index in [1.807, 2.05) is 6.20 Å². The van der Waals surface area contributed by atoms with E-state index in [1.54, 1.807) is 13.1 Å². The monoisotopic (exact) mass is 478 g/mol. The van der Waals surface area contributed by atoms with Crippen LogP contribution in [0.1, 0.15) is 57.9 Å². The summed E-state index contributed by atoms with van der Waals surface area (Å²) in [6, 6.07) is 2.05.